The van der Waals surface area contributed by atoms with Gasteiger partial charge in [0.25, 0.3) is 0 Å². The maximum atomic E-state index is 11.8. The number of rotatable bonds is 5. The Balaban J connectivity index is 1.73. The van der Waals surface area contributed by atoms with E-state index in [1.165, 1.54) is 0 Å². The summed E-state index contributed by atoms with van der Waals surface area (Å²) in [5.41, 5.74) is 1.04. The number of nitrogens with one attached hydrogen (secondary N) is 1. The summed E-state index contributed by atoms with van der Waals surface area (Å²) in [7, 11) is 0. The van der Waals surface area contributed by atoms with Gasteiger partial charge < -0.3 is 10.1 Å². The summed E-state index contributed by atoms with van der Waals surface area (Å²) < 4.78 is 6.67. The fourth-order valence-corrected chi connectivity index (χ4v) is 2.32. The van der Waals surface area contributed by atoms with Crippen LogP contribution >= 0.6 is 15.9 Å². The van der Waals surface area contributed by atoms with Gasteiger partial charge in [-0.25, -0.2) is 0 Å². The first-order valence-electron chi connectivity index (χ1n) is 6.32. The third-order valence-electron chi connectivity index (χ3n) is 3.08. The van der Waals surface area contributed by atoms with Crippen molar-refractivity contribution in [2.45, 2.75) is 25.4 Å². The lowest BCUT2D eigenvalue weighted by molar-refractivity contribution is -0.125. The molecule has 1 heterocycles. The molecule has 0 bridgehead atoms. The molecule has 98 valence electrons. The Bertz CT molecular complexity index is 385. The van der Waals surface area contributed by atoms with E-state index in [2.05, 4.69) is 21.2 Å². The highest BCUT2D eigenvalue weighted by molar-refractivity contribution is 9.10. The first kappa shape index (κ1) is 13.7. The maximum absolute atomic E-state index is 11.8. The monoisotopic (exact) mass is 311 g/mol. The van der Waals surface area contributed by atoms with E-state index in [1.807, 2.05) is 24.3 Å². The molecule has 0 saturated carbocycles. The van der Waals surface area contributed by atoms with Crippen LogP contribution in [0.3, 0.4) is 0 Å². The van der Waals surface area contributed by atoms with Crippen LogP contribution in [0.5, 0.6) is 0 Å². The Morgan fingerprint density at radius 3 is 2.61 bits per heavy atom. The first-order valence-corrected chi connectivity index (χ1v) is 7.12. The Hall–Kier alpha value is -0.710. The number of Topliss-reactive ketones (excluding diaryl/α,β-unsaturated/α-hetero) is 1. The summed E-state index contributed by atoms with van der Waals surface area (Å²) >= 11 is 3.38. The van der Waals surface area contributed by atoms with E-state index in [0.717, 1.165) is 36.0 Å². The second kappa shape index (κ2) is 7.02. The van der Waals surface area contributed by atoms with E-state index >= 15 is 0 Å². The molecule has 0 spiro atoms. The van der Waals surface area contributed by atoms with Gasteiger partial charge in [0.15, 0.2) is 5.78 Å². The molecule has 18 heavy (non-hydrogen) atoms. The van der Waals surface area contributed by atoms with Crippen LogP contribution in [0.2, 0.25) is 0 Å². The minimum atomic E-state index is 0.149. The second-order valence-electron chi connectivity index (χ2n) is 4.60. The van der Waals surface area contributed by atoms with Crippen LogP contribution in [-0.2, 0) is 16.0 Å². The van der Waals surface area contributed by atoms with Gasteiger partial charge in [-0.3, -0.25) is 4.79 Å². The van der Waals surface area contributed by atoms with Gasteiger partial charge in [0.1, 0.15) is 6.61 Å². The van der Waals surface area contributed by atoms with E-state index in [4.69, 9.17) is 4.74 Å². The van der Waals surface area contributed by atoms with Gasteiger partial charge in [0.2, 0.25) is 0 Å². The lowest BCUT2D eigenvalue weighted by Gasteiger charge is -2.22. The summed E-state index contributed by atoms with van der Waals surface area (Å²) in [4.78, 5) is 11.8. The minimum absolute atomic E-state index is 0.149. The highest BCUT2D eigenvalue weighted by Crippen LogP contribution is 2.12. The standard InChI is InChI=1S/C14H18BrNO2/c15-12-3-1-11(2-4-12)9-13(17)10-18-14-5-7-16-8-6-14/h1-4,14,16H,5-10H2. The quantitative estimate of drug-likeness (QED) is 0.907. The molecule has 1 aliphatic rings. The Labute approximate surface area is 116 Å². The van der Waals surface area contributed by atoms with Crippen LogP contribution in [0.4, 0.5) is 0 Å². The van der Waals surface area contributed by atoms with E-state index in [0.29, 0.717) is 6.42 Å². The summed E-state index contributed by atoms with van der Waals surface area (Å²) in [6.07, 6.45) is 2.72. The summed E-state index contributed by atoms with van der Waals surface area (Å²) in [5, 5.41) is 3.28. The first-order chi connectivity index (χ1) is 8.74. The number of carbonyl (C=O) groups excluding carboxylic acids is 1. The average molecular weight is 312 g/mol. The number of benzene rings is 1. The molecule has 1 aromatic carbocycles. The molecular weight excluding hydrogens is 294 g/mol. The van der Waals surface area contributed by atoms with Gasteiger partial charge in [-0.05, 0) is 43.6 Å². The zero-order valence-electron chi connectivity index (χ0n) is 10.3. The summed E-state index contributed by atoms with van der Waals surface area (Å²) in [6, 6.07) is 7.84. The van der Waals surface area contributed by atoms with Crippen LogP contribution in [-0.4, -0.2) is 31.6 Å². The fraction of sp³-hybridized carbons (Fsp3) is 0.500. The van der Waals surface area contributed by atoms with Gasteiger partial charge in [0, 0.05) is 10.9 Å². The molecule has 2 rings (SSSR count). The van der Waals surface area contributed by atoms with Crippen molar-refractivity contribution >= 4 is 21.7 Å². The van der Waals surface area contributed by atoms with Gasteiger partial charge in [0.05, 0.1) is 6.10 Å². The van der Waals surface area contributed by atoms with Crippen molar-refractivity contribution in [3.8, 4) is 0 Å². The van der Waals surface area contributed by atoms with Gasteiger partial charge in [-0.2, -0.15) is 0 Å². The molecule has 0 amide bonds. The molecule has 1 N–H and O–H groups in total. The number of ether oxygens (including phenoxy) is 1. The molecule has 1 aromatic rings. The van der Waals surface area contributed by atoms with Crippen LogP contribution in [0.15, 0.2) is 28.7 Å². The number of hydrogen-bond donors (Lipinski definition) is 1. The fourth-order valence-electron chi connectivity index (χ4n) is 2.05. The van der Waals surface area contributed by atoms with Crippen molar-refractivity contribution < 1.29 is 9.53 Å². The van der Waals surface area contributed by atoms with Crippen molar-refractivity contribution in [1.29, 1.82) is 0 Å². The summed E-state index contributed by atoms with van der Waals surface area (Å²) in [6.45, 7) is 2.22. The van der Waals surface area contributed by atoms with Gasteiger partial charge in [-0.15, -0.1) is 0 Å². The van der Waals surface area contributed by atoms with Gasteiger partial charge >= 0.3 is 0 Å². The molecule has 0 atom stereocenters. The Kier molecular flexibility index (Phi) is 5.35. The Morgan fingerprint density at radius 1 is 1.28 bits per heavy atom. The van der Waals surface area contributed by atoms with Crippen molar-refractivity contribution in [3.05, 3.63) is 34.3 Å². The third kappa shape index (κ3) is 4.52. The molecule has 0 aliphatic carbocycles. The molecular formula is C14H18BrNO2. The molecule has 1 saturated heterocycles. The minimum Gasteiger partial charge on any atom is -0.370 e. The summed E-state index contributed by atoms with van der Waals surface area (Å²) in [5.74, 6) is 0.149. The molecule has 3 nitrogen and oxygen atoms in total. The largest absolute Gasteiger partial charge is 0.370 e. The van der Waals surface area contributed by atoms with E-state index in [1.54, 1.807) is 0 Å². The smallest absolute Gasteiger partial charge is 0.162 e. The van der Waals surface area contributed by atoms with Crippen LogP contribution in [0, 0.1) is 0 Å². The van der Waals surface area contributed by atoms with Crippen molar-refractivity contribution in [2.24, 2.45) is 0 Å². The van der Waals surface area contributed by atoms with E-state index < -0.39 is 0 Å². The van der Waals surface area contributed by atoms with Crippen LogP contribution in [0.1, 0.15) is 18.4 Å². The average Bonchev–Trinajstić information content (AvgIpc) is 2.40. The number of piperidine rings is 1. The molecule has 4 heteroatoms. The van der Waals surface area contributed by atoms with E-state index in [9.17, 15) is 4.79 Å². The topological polar surface area (TPSA) is 38.3 Å². The van der Waals surface area contributed by atoms with Crippen LogP contribution in [0.25, 0.3) is 0 Å². The maximum Gasteiger partial charge on any atom is 0.162 e. The highest BCUT2D eigenvalue weighted by atomic mass is 79.9. The molecule has 1 aliphatic heterocycles. The highest BCUT2D eigenvalue weighted by Gasteiger charge is 2.14. The number of ketones is 1. The molecule has 0 radical (unpaired) electrons. The van der Waals surface area contributed by atoms with Crippen molar-refractivity contribution in [3.63, 3.8) is 0 Å². The lowest BCUT2D eigenvalue weighted by atomic mass is 10.1. The van der Waals surface area contributed by atoms with Crippen molar-refractivity contribution in [1.82, 2.24) is 5.32 Å². The Morgan fingerprint density at radius 2 is 1.94 bits per heavy atom. The number of halogens is 1. The zero-order chi connectivity index (χ0) is 12.8. The van der Waals surface area contributed by atoms with Gasteiger partial charge in [-0.1, -0.05) is 28.1 Å². The number of hydrogen-bond acceptors (Lipinski definition) is 3. The molecule has 0 aromatic heterocycles. The second-order valence-corrected chi connectivity index (χ2v) is 5.52. The van der Waals surface area contributed by atoms with Crippen LogP contribution < -0.4 is 5.32 Å². The predicted molar refractivity (Wildman–Crippen MR) is 74.7 cm³/mol. The SMILES string of the molecule is O=C(COC1CCNCC1)Cc1ccc(Br)cc1. The normalized spacial score (nSPS) is 16.7. The third-order valence-corrected chi connectivity index (χ3v) is 3.61. The molecule has 0 unspecified atom stereocenters. The number of carbonyl (C=O) groups is 1. The molecule has 1 fully saturated rings. The lowest BCUT2D eigenvalue weighted by Crippen LogP contribution is -2.33. The zero-order valence-corrected chi connectivity index (χ0v) is 11.9. The predicted octanol–water partition coefficient (Wildman–Crippen LogP) is 2.33. The van der Waals surface area contributed by atoms with Crippen molar-refractivity contribution in [2.75, 3.05) is 19.7 Å². The van der Waals surface area contributed by atoms with E-state index in [-0.39, 0.29) is 18.5 Å².